The van der Waals surface area contributed by atoms with Gasteiger partial charge in [0.2, 0.25) is 0 Å². The van der Waals surface area contributed by atoms with Gasteiger partial charge in [0, 0.05) is 21.2 Å². The molecule has 3 rings (SSSR count). The van der Waals surface area contributed by atoms with E-state index in [2.05, 4.69) is 42.2 Å². The molecule has 112 valence electrons. The number of hydrogen-bond donors (Lipinski definition) is 1. The van der Waals surface area contributed by atoms with Gasteiger partial charge in [0.25, 0.3) is 5.56 Å². The van der Waals surface area contributed by atoms with Crippen LogP contribution >= 0.6 is 31.9 Å². The minimum absolute atomic E-state index is 0.0792. The standard InChI is InChI=1S/C16H13Br2N3O/c1-10-6-12(17)16(13(18)7-10)19-9-11-8-15(22)21-5-3-2-4-14(21)20-11/h2-8,19H,9H2,1H3. The molecule has 2 aromatic heterocycles. The van der Waals surface area contributed by atoms with Gasteiger partial charge in [-0.2, -0.15) is 0 Å². The maximum absolute atomic E-state index is 12.1. The highest BCUT2D eigenvalue weighted by Gasteiger charge is 2.07. The second-order valence-electron chi connectivity index (χ2n) is 4.97. The molecule has 0 radical (unpaired) electrons. The third kappa shape index (κ3) is 3.08. The van der Waals surface area contributed by atoms with E-state index in [1.807, 2.05) is 37.3 Å². The summed E-state index contributed by atoms with van der Waals surface area (Å²) in [5.41, 5.74) is 3.38. The number of anilines is 1. The topological polar surface area (TPSA) is 46.4 Å². The van der Waals surface area contributed by atoms with Crippen LogP contribution in [-0.2, 0) is 6.54 Å². The van der Waals surface area contributed by atoms with Gasteiger partial charge in [0.15, 0.2) is 0 Å². The number of benzene rings is 1. The van der Waals surface area contributed by atoms with Crippen molar-refractivity contribution in [2.75, 3.05) is 5.32 Å². The highest BCUT2D eigenvalue weighted by Crippen LogP contribution is 2.32. The van der Waals surface area contributed by atoms with Gasteiger partial charge in [-0.25, -0.2) is 4.98 Å². The molecular weight excluding hydrogens is 410 g/mol. The molecule has 1 N–H and O–H groups in total. The van der Waals surface area contributed by atoms with Crippen molar-refractivity contribution in [2.24, 2.45) is 0 Å². The molecule has 0 atom stereocenters. The molecule has 1 aromatic carbocycles. The molecule has 0 unspecified atom stereocenters. The lowest BCUT2D eigenvalue weighted by Crippen LogP contribution is -2.16. The predicted octanol–water partition coefficient (Wildman–Crippen LogP) is 4.14. The minimum Gasteiger partial charge on any atom is -0.378 e. The Morgan fingerprint density at radius 2 is 1.91 bits per heavy atom. The van der Waals surface area contributed by atoms with E-state index in [4.69, 9.17) is 0 Å². The molecule has 0 amide bonds. The summed E-state index contributed by atoms with van der Waals surface area (Å²) in [6, 6.07) is 11.1. The summed E-state index contributed by atoms with van der Waals surface area (Å²) in [7, 11) is 0. The van der Waals surface area contributed by atoms with E-state index < -0.39 is 0 Å². The molecule has 0 fully saturated rings. The molecule has 22 heavy (non-hydrogen) atoms. The molecule has 0 saturated heterocycles. The number of nitrogens with one attached hydrogen (secondary N) is 1. The van der Waals surface area contributed by atoms with Crippen molar-refractivity contribution in [2.45, 2.75) is 13.5 Å². The first kappa shape index (κ1) is 15.2. The molecule has 0 aliphatic carbocycles. The summed E-state index contributed by atoms with van der Waals surface area (Å²) < 4.78 is 3.47. The number of halogens is 2. The monoisotopic (exact) mass is 421 g/mol. The second kappa shape index (κ2) is 6.22. The molecule has 0 aliphatic heterocycles. The molecular formula is C16H13Br2N3O. The summed E-state index contributed by atoms with van der Waals surface area (Å²) in [4.78, 5) is 16.6. The molecule has 3 aromatic rings. The zero-order valence-corrected chi connectivity index (χ0v) is 15.0. The molecule has 6 heteroatoms. The Hall–Kier alpha value is -1.66. The summed E-state index contributed by atoms with van der Waals surface area (Å²) in [5.74, 6) is 0. The maximum Gasteiger partial charge on any atom is 0.258 e. The number of aromatic nitrogens is 2. The molecule has 2 heterocycles. The fourth-order valence-corrected chi connectivity index (χ4v) is 3.94. The van der Waals surface area contributed by atoms with Crippen molar-refractivity contribution >= 4 is 43.2 Å². The molecule has 4 nitrogen and oxygen atoms in total. The van der Waals surface area contributed by atoms with E-state index >= 15 is 0 Å². The van der Waals surface area contributed by atoms with E-state index in [1.165, 1.54) is 4.40 Å². The lowest BCUT2D eigenvalue weighted by molar-refractivity contribution is 0.970. The molecule has 0 aliphatic rings. The normalized spacial score (nSPS) is 10.9. The summed E-state index contributed by atoms with van der Waals surface area (Å²) in [6.45, 7) is 2.51. The average molecular weight is 423 g/mol. The Balaban J connectivity index is 1.90. The first-order valence-electron chi connectivity index (χ1n) is 6.71. The number of hydrogen-bond acceptors (Lipinski definition) is 3. The lowest BCUT2D eigenvalue weighted by Gasteiger charge is -2.12. The fourth-order valence-electron chi connectivity index (χ4n) is 2.24. The zero-order valence-electron chi connectivity index (χ0n) is 11.8. The Bertz CT molecular complexity index is 882. The minimum atomic E-state index is -0.0792. The third-order valence-electron chi connectivity index (χ3n) is 3.26. The maximum atomic E-state index is 12.1. The highest BCUT2D eigenvalue weighted by molar-refractivity contribution is 9.11. The van der Waals surface area contributed by atoms with Crippen molar-refractivity contribution in [3.8, 4) is 0 Å². The summed E-state index contributed by atoms with van der Waals surface area (Å²) in [6.07, 6.45) is 1.72. The number of aryl methyl sites for hydroxylation is 1. The first-order chi connectivity index (χ1) is 10.5. The first-order valence-corrected chi connectivity index (χ1v) is 8.30. The van der Waals surface area contributed by atoms with E-state index in [1.54, 1.807) is 12.3 Å². The average Bonchev–Trinajstić information content (AvgIpc) is 2.46. The van der Waals surface area contributed by atoms with Crippen LogP contribution in [0.1, 0.15) is 11.3 Å². The van der Waals surface area contributed by atoms with E-state index in [0.717, 1.165) is 20.2 Å². The highest BCUT2D eigenvalue weighted by atomic mass is 79.9. The Morgan fingerprint density at radius 1 is 1.18 bits per heavy atom. The number of pyridine rings is 1. The van der Waals surface area contributed by atoms with Gasteiger partial charge in [-0.05, 0) is 68.6 Å². The van der Waals surface area contributed by atoms with E-state index in [9.17, 15) is 4.79 Å². The molecule has 0 bridgehead atoms. The second-order valence-corrected chi connectivity index (χ2v) is 6.68. The van der Waals surface area contributed by atoms with Crippen LogP contribution < -0.4 is 10.9 Å². The van der Waals surface area contributed by atoms with Gasteiger partial charge in [-0.1, -0.05) is 6.07 Å². The lowest BCUT2D eigenvalue weighted by atomic mass is 10.2. The van der Waals surface area contributed by atoms with Crippen molar-refractivity contribution in [3.63, 3.8) is 0 Å². The smallest absolute Gasteiger partial charge is 0.258 e. The van der Waals surface area contributed by atoms with Gasteiger partial charge in [-0.3, -0.25) is 9.20 Å². The summed E-state index contributed by atoms with van der Waals surface area (Å²) in [5, 5.41) is 3.31. The Morgan fingerprint density at radius 3 is 2.64 bits per heavy atom. The van der Waals surface area contributed by atoms with Crippen LogP contribution in [0.25, 0.3) is 5.65 Å². The van der Waals surface area contributed by atoms with Gasteiger partial charge >= 0.3 is 0 Å². The van der Waals surface area contributed by atoms with Crippen LogP contribution in [0.4, 0.5) is 5.69 Å². The summed E-state index contributed by atoms with van der Waals surface area (Å²) >= 11 is 7.09. The van der Waals surface area contributed by atoms with Crippen LogP contribution in [0.3, 0.4) is 0 Å². The zero-order chi connectivity index (χ0) is 15.7. The van der Waals surface area contributed by atoms with Crippen LogP contribution in [-0.4, -0.2) is 9.38 Å². The van der Waals surface area contributed by atoms with E-state index in [-0.39, 0.29) is 5.56 Å². The van der Waals surface area contributed by atoms with Crippen LogP contribution in [0.5, 0.6) is 0 Å². The van der Waals surface area contributed by atoms with Gasteiger partial charge in [0.05, 0.1) is 17.9 Å². The quantitative estimate of drug-likeness (QED) is 0.689. The van der Waals surface area contributed by atoms with Gasteiger partial charge < -0.3 is 5.32 Å². The SMILES string of the molecule is Cc1cc(Br)c(NCc2cc(=O)n3ccccc3n2)c(Br)c1. The van der Waals surface area contributed by atoms with Crippen molar-refractivity contribution in [1.29, 1.82) is 0 Å². The number of fused-ring (bicyclic) bond motifs is 1. The van der Waals surface area contributed by atoms with Crippen LogP contribution in [0, 0.1) is 6.92 Å². The van der Waals surface area contributed by atoms with Crippen molar-refractivity contribution < 1.29 is 0 Å². The number of rotatable bonds is 3. The third-order valence-corrected chi connectivity index (χ3v) is 4.51. The van der Waals surface area contributed by atoms with E-state index in [0.29, 0.717) is 17.9 Å². The van der Waals surface area contributed by atoms with Gasteiger partial charge in [0.1, 0.15) is 5.65 Å². The fraction of sp³-hybridized carbons (Fsp3) is 0.125. The van der Waals surface area contributed by atoms with Crippen molar-refractivity contribution in [3.05, 3.63) is 73.2 Å². The van der Waals surface area contributed by atoms with Crippen LogP contribution in [0.2, 0.25) is 0 Å². The van der Waals surface area contributed by atoms with Crippen molar-refractivity contribution in [1.82, 2.24) is 9.38 Å². The molecule has 0 saturated carbocycles. The van der Waals surface area contributed by atoms with Crippen LogP contribution in [0.15, 0.2) is 56.3 Å². The Labute approximate surface area is 144 Å². The van der Waals surface area contributed by atoms with Gasteiger partial charge in [-0.15, -0.1) is 0 Å². The molecule has 0 spiro atoms. The largest absolute Gasteiger partial charge is 0.378 e. The Kier molecular flexibility index (Phi) is 4.31. The predicted molar refractivity (Wildman–Crippen MR) is 95.4 cm³/mol. The number of nitrogens with zero attached hydrogens (tertiary/aromatic N) is 2.